The molecular formula is C15H24O. The van der Waals surface area contributed by atoms with E-state index in [1.165, 1.54) is 30.4 Å². The fourth-order valence-electron chi connectivity index (χ4n) is 2.45. The van der Waals surface area contributed by atoms with Crippen LogP contribution in [-0.4, -0.2) is 7.11 Å². The van der Waals surface area contributed by atoms with Gasteiger partial charge in [-0.05, 0) is 49.7 Å². The monoisotopic (exact) mass is 220 g/mol. The summed E-state index contributed by atoms with van der Waals surface area (Å²) in [5.74, 6) is 0. The molecule has 0 radical (unpaired) electrons. The van der Waals surface area contributed by atoms with E-state index in [0.717, 1.165) is 5.57 Å². The lowest BCUT2D eigenvalue weighted by Gasteiger charge is -2.32. The third kappa shape index (κ3) is 3.26. The molecule has 1 nitrogen and oxygen atoms in total. The maximum atomic E-state index is 4.99. The molecule has 1 rings (SSSR count). The first-order valence-corrected chi connectivity index (χ1v) is 6.05. The fraction of sp³-hybridized carbons (Fsp3) is 0.600. The van der Waals surface area contributed by atoms with Crippen LogP contribution >= 0.6 is 0 Å². The smallest absolute Gasteiger partial charge is 0.0853 e. The van der Waals surface area contributed by atoms with Gasteiger partial charge in [0, 0.05) is 0 Å². The van der Waals surface area contributed by atoms with Crippen LogP contribution in [0.5, 0.6) is 0 Å². The number of hydrogen-bond donors (Lipinski definition) is 0. The van der Waals surface area contributed by atoms with Crippen molar-refractivity contribution in [2.75, 3.05) is 7.11 Å². The lowest BCUT2D eigenvalue weighted by Crippen LogP contribution is -2.19. The third-order valence-corrected chi connectivity index (χ3v) is 3.36. The Morgan fingerprint density at radius 3 is 2.62 bits per heavy atom. The Bertz CT molecular complexity index is 329. The molecule has 0 fully saturated rings. The van der Waals surface area contributed by atoms with Crippen LogP contribution in [0.25, 0.3) is 0 Å². The number of ether oxygens (including phenoxy) is 1. The average Bonchev–Trinajstić information content (AvgIpc) is 2.16. The summed E-state index contributed by atoms with van der Waals surface area (Å²) in [5.41, 5.74) is 4.52. The molecule has 1 aliphatic carbocycles. The molecule has 1 aliphatic rings. The quantitative estimate of drug-likeness (QED) is 0.498. The summed E-state index contributed by atoms with van der Waals surface area (Å²) >= 11 is 0. The van der Waals surface area contributed by atoms with Gasteiger partial charge in [0.15, 0.2) is 0 Å². The highest BCUT2D eigenvalue weighted by atomic mass is 16.5. The van der Waals surface area contributed by atoms with Crippen LogP contribution < -0.4 is 0 Å². The molecule has 0 saturated carbocycles. The van der Waals surface area contributed by atoms with E-state index < -0.39 is 0 Å². The van der Waals surface area contributed by atoms with Crippen molar-refractivity contribution in [1.29, 1.82) is 0 Å². The standard InChI is InChI=1S/C15H24O/c1-12(11-16-5)8-9-14-13(2)7-6-10-15(14,3)4/h8-9,11H,6-7,10H2,1-5H3/b9-8+,12-11+. The van der Waals surface area contributed by atoms with Crippen molar-refractivity contribution in [3.8, 4) is 0 Å². The minimum atomic E-state index is 0.326. The second kappa shape index (κ2) is 5.38. The van der Waals surface area contributed by atoms with Crippen molar-refractivity contribution >= 4 is 0 Å². The Kier molecular flexibility index (Phi) is 4.40. The van der Waals surface area contributed by atoms with Crippen LogP contribution in [0, 0.1) is 5.41 Å². The van der Waals surface area contributed by atoms with Crippen molar-refractivity contribution in [3.05, 3.63) is 35.1 Å². The second-order valence-electron chi connectivity index (χ2n) is 5.36. The van der Waals surface area contributed by atoms with Crippen LogP contribution in [0.4, 0.5) is 0 Å². The van der Waals surface area contributed by atoms with Crippen LogP contribution in [-0.2, 0) is 4.74 Å². The minimum absolute atomic E-state index is 0.326. The zero-order valence-corrected chi connectivity index (χ0v) is 11.3. The van der Waals surface area contributed by atoms with Gasteiger partial charge in [-0.15, -0.1) is 0 Å². The Labute approximate surface area is 99.9 Å². The summed E-state index contributed by atoms with van der Waals surface area (Å²) in [6.07, 6.45) is 10.0. The second-order valence-corrected chi connectivity index (χ2v) is 5.36. The first kappa shape index (κ1) is 13.1. The van der Waals surface area contributed by atoms with Gasteiger partial charge < -0.3 is 4.74 Å². The van der Waals surface area contributed by atoms with E-state index >= 15 is 0 Å². The summed E-state index contributed by atoms with van der Waals surface area (Å²) in [4.78, 5) is 0. The average molecular weight is 220 g/mol. The highest BCUT2D eigenvalue weighted by Gasteiger charge is 2.26. The normalized spacial score (nSPS) is 21.7. The highest BCUT2D eigenvalue weighted by molar-refractivity contribution is 5.35. The maximum Gasteiger partial charge on any atom is 0.0853 e. The van der Waals surface area contributed by atoms with Gasteiger partial charge in [0.05, 0.1) is 13.4 Å². The van der Waals surface area contributed by atoms with Gasteiger partial charge in [0.1, 0.15) is 0 Å². The zero-order valence-electron chi connectivity index (χ0n) is 11.3. The Hall–Kier alpha value is -0.980. The van der Waals surface area contributed by atoms with Gasteiger partial charge in [-0.25, -0.2) is 0 Å². The molecule has 0 aromatic carbocycles. The molecule has 0 spiro atoms. The summed E-state index contributed by atoms with van der Waals surface area (Å²) in [6.45, 7) is 9.00. The summed E-state index contributed by atoms with van der Waals surface area (Å²) in [5, 5.41) is 0. The van der Waals surface area contributed by atoms with E-state index in [-0.39, 0.29) is 0 Å². The third-order valence-electron chi connectivity index (χ3n) is 3.36. The number of rotatable bonds is 3. The molecule has 0 aliphatic heterocycles. The molecule has 90 valence electrons. The topological polar surface area (TPSA) is 9.23 Å². The van der Waals surface area contributed by atoms with Crippen molar-refractivity contribution < 1.29 is 4.74 Å². The fourth-order valence-corrected chi connectivity index (χ4v) is 2.45. The molecular weight excluding hydrogens is 196 g/mol. The minimum Gasteiger partial charge on any atom is -0.504 e. The van der Waals surface area contributed by atoms with E-state index in [2.05, 4.69) is 39.8 Å². The zero-order chi connectivity index (χ0) is 12.2. The van der Waals surface area contributed by atoms with Crippen molar-refractivity contribution in [2.24, 2.45) is 5.41 Å². The van der Waals surface area contributed by atoms with Gasteiger partial charge in [-0.1, -0.05) is 31.6 Å². The Balaban J connectivity index is 2.89. The number of allylic oxidation sites excluding steroid dienone is 5. The highest BCUT2D eigenvalue weighted by Crippen LogP contribution is 2.40. The Morgan fingerprint density at radius 2 is 2.06 bits per heavy atom. The molecule has 0 aromatic heterocycles. The summed E-state index contributed by atoms with van der Waals surface area (Å²) < 4.78 is 4.99. The van der Waals surface area contributed by atoms with Gasteiger partial charge in [-0.3, -0.25) is 0 Å². The molecule has 0 unspecified atom stereocenters. The number of methoxy groups -OCH3 is 1. The van der Waals surface area contributed by atoms with Gasteiger partial charge in [-0.2, -0.15) is 0 Å². The van der Waals surface area contributed by atoms with E-state index in [9.17, 15) is 0 Å². The molecule has 0 aromatic rings. The van der Waals surface area contributed by atoms with Crippen molar-refractivity contribution in [1.82, 2.24) is 0 Å². The predicted octanol–water partition coefficient (Wildman–Crippen LogP) is 4.62. The molecule has 0 amide bonds. The predicted molar refractivity (Wildman–Crippen MR) is 70.2 cm³/mol. The van der Waals surface area contributed by atoms with E-state index in [1.807, 2.05) is 0 Å². The van der Waals surface area contributed by atoms with Crippen LogP contribution in [0.15, 0.2) is 35.1 Å². The van der Waals surface area contributed by atoms with Gasteiger partial charge in [0.25, 0.3) is 0 Å². The first-order valence-electron chi connectivity index (χ1n) is 6.05. The number of hydrogen-bond acceptors (Lipinski definition) is 1. The molecule has 1 heteroatoms. The van der Waals surface area contributed by atoms with Crippen LogP contribution in [0.1, 0.15) is 47.0 Å². The van der Waals surface area contributed by atoms with Crippen molar-refractivity contribution in [2.45, 2.75) is 47.0 Å². The molecule has 0 N–H and O–H groups in total. The lowest BCUT2D eigenvalue weighted by molar-refractivity contribution is 0.335. The van der Waals surface area contributed by atoms with E-state index in [0.29, 0.717) is 5.41 Å². The summed E-state index contributed by atoms with van der Waals surface area (Å²) in [7, 11) is 1.69. The molecule has 0 bridgehead atoms. The largest absolute Gasteiger partial charge is 0.504 e. The summed E-state index contributed by atoms with van der Waals surface area (Å²) in [6, 6.07) is 0. The molecule has 16 heavy (non-hydrogen) atoms. The van der Waals surface area contributed by atoms with Gasteiger partial charge in [0.2, 0.25) is 0 Å². The molecule has 0 heterocycles. The first-order chi connectivity index (χ1) is 7.47. The molecule has 0 saturated heterocycles. The van der Waals surface area contributed by atoms with Gasteiger partial charge >= 0.3 is 0 Å². The molecule has 0 atom stereocenters. The van der Waals surface area contributed by atoms with Crippen LogP contribution in [0.2, 0.25) is 0 Å². The Morgan fingerprint density at radius 1 is 1.38 bits per heavy atom. The van der Waals surface area contributed by atoms with Crippen molar-refractivity contribution in [3.63, 3.8) is 0 Å². The van der Waals surface area contributed by atoms with E-state index in [4.69, 9.17) is 4.74 Å². The van der Waals surface area contributed by atoms with E-state index in [1.54, 1.807) is 13.4 Å². The maximum absolute atomic E-state index is 4.99. The SMILES string of the molecule is CO/C=C(C)/C=C/C1=C(C)CCCC1(C)C. The lowest BCUT2D eigenvalue weighted by atomic mass is 9.72. The van der Waals surface area contributed by atoms with Crippen LogP contribution in [0.3, 0.4) is 0 Å².